The molecule has 2 nitrogen and oxygen atoms in total. The highest BCUT2D eigenvalue weighted by molar-refractivity contribution is 5.41. The second kappa shape index (κ2) is 4.19. The first-order valence-electron chi connectivity index (χ1n) is 5.35. The van der Waals surface area contributed by atoms with E-state index in [9.17, 15) is 4.39 Å². The number of nitrogen functional groups attached to an aromatic ring is 1. The van der Waals surface area contributed by atoms with Gasteiger partial charge < -0.3 is 10.6 Å². The summed E-state index contributed by atoms with van der Waals surface area (Å²) >= 11 is 0. The number of hydrogen-bond acceptors (Lipinski definition) is 2. The molecule has 1 aliphatic rings. The quantitative estimate of drug-likeness (QED) is 0.755. The summed E-state index contributed by atoms with van der Waals surface area (Å²) in [4.78, 5) is 2.17. The summed E-state index contributed by atoms with van der Waals surface area (Å²) in [6, 6.07) is 7.16. The van der Waals surface area contributed by atoms with Crippen LogP contribution in [0.15, 0.2) is 24.3 Å². The van der Waals surface area contributed by atoms with Crippen LogP contribution >= 0.6 is 0 Å². The number of nitrogens with zero attached hydrogens (tertiary/aromatic N) is 1. The van der Waals surface area contributed by atoms with Gasteiger partial charge in [0, 0.05) is 18.2 Å². The van der Waals surface area contributed by atoms with Gasteiger partial charge in [0.05, 0.1) is 0 Å². The first kappa shape index (κ1) is 10.4. The summed E-state index contributed by atoms with van der Waals surface area (Å²) in [6.07, 6.45) is 0.0605. The third-order valence-electron chi connectivity index (χ3n) is 3.07. The molecule has 0 amide bonds. The second-order valence-corrected chi connectivity index (χ2v) is 4.38. The SMILES string of the molecule is CN1CCC(C(F)c2cccc(N)c2)C1. The third kappa shape index (κ3) is 2.29. The van der Waals surface area contributed by atoms with E-state index in [0.29, 0.717) is 5.69 Å². The molecule has 0 spiro atoms. The van der Waals surface area contributed by atoms with Crippen LogP contribution in [0.5, 0.6) is 0 Å². The Morgan fingerprint density at radius 2 is 2.33 bits per heavy atom. The Morgan fingerprint density at radius 3 is 2.93 bits per heavy atom. The number of benzene rings is 1. The van der Waals surface area contributed by atoms with Crippen molar-refractivity contribution in [1.82, 2.24) is 4.90 Å². The van der Waals surface area contributed by atoms with Gasteiger partial charge in [-0.1, -0.05) is 12.1 Å². The number of anilines is 1. The minimum absolute atomic E-state index is 0.122. The molecular weight excluding hydrogens is 191 g/mol. The largest absolute Gasteiger partial charge is 0.399 e. The molecule has 1 aromatic rings. The molecule has 2 N–H and O–H groups in total. The summed E-state index contributed by atoms with van der Waals surface area (Å²) in [6.45, 7) is 1.84. The molecule has 0 aliphatic carbocycles. The molecule has 0 radical (unpaired) electrons. The van der Waals surface area contributed by atoms with Crippen molar-refractivity contribution in [3.63, 3.8) is 0 Å². The van der Waals surface area contributed by atoms with E-state index in [2.05, 4.69) is 4.90 Å². The van der Waals surface area contributed by atoms with Gasteiger partial charge >= 0.3 is 0 Å². The van der Waals surface area contributed by atoms with Crippen molar-refractivity contribution in [3.8, 4) is 0 Å². The van der Waals surface area contributed by atoms with E-state index < -0.39 is 6.17 Å². The molecule has 15 heavy (non-hydrogen) atoms. The van der Waals surface area contributed by atoms with Gasteiger partial charge in [0.25, 0.3) is 0 Å². The fourth-order valence-electron chi connectivity index (χ4n) is 2.21. The molecule has 1 fully saturated rings. The van der Waals surface area contributed by atoms with Crippen LogP contribution in [0.1, 0.15) is 18.2 Å². The molecule has 82 valence electrons. The zero-order valence-electron chi connectivity index (χ0n) is 8.99. The molecule has 2 rings (SSSR count). The molecule has 0 saturated carbocycles. The number of hydrogen-bond donors (Lipinski definition) is 1. The maximum atomic E-state index is 14.1. The molecular formula is C12H17FN2. The third-order valence-corrected chi connectivity index (χ3v) is 3.07. The summed E-state index contributed by atoms with van der Waals surface area (Å²) in [5.41, 5.74) is 7.00. The predicted octanol–water partition coefficient (Wildman–Crippen LogP) is 2.23. The fourth-order valence-corrected chi connectivity index (χ4v) is 2.21. The zero-order chi connectivity index (χ0) is 10.8. The van der Waals surface area contributed by atoms with Crippen LogP contribution in [0.3, 0.4) is 0 Å². The van der Waals surface area contributed by atoms with Gasteiger partial charge in [-0.3, -0.25) is 0 Å². The van der Waals surface area contributed by atoms with Gasteiger partial charge in [-0.05, 0) is 37.7 Å². The number of nitrogens with two attached hydrogens (primary N) is 1. The van der Waals surface area contributed by atoms with Crippen LogP contribution in [0.4, 0.5) is 10.1 Å². The Labute approximate surface area is 89.9 Å². The van der Waals surface area contributed by atoms with Crippen molar-refractivity contribution < 1.29 is 4.39 Å². The smallest absolute Gasteiger partial charge is 0.129 e. The van der Waals surface area contributed by atoms with Crippen molar-refractivity contribution in [2.45, 2.75) is 12.6 Å². The van der Waals surface area contributed by atoms with Crippen LogP contribution < -0.4 is 5.73 Å². The number of rotatable bonds is 2. The van der Waals surface area contributed by atoms with E-state index in [1.165, 1.54) is 0 Å². The van der Waals surface area contributed by atoms with Gasteiger partial charge in [0.2, 0.25) is 0 Å². The van der Waals surface area contributed by atoms with Crippen molar-refractivity contribution in [2.75, 3.05) is 25.9 Å². The second-order valence-electron chi connectivity index (χ2n) is 4.38. The van der Waals surface area contributed by atoms with Gasteiger partial charge in [-0.15, -0.1) is 0 Å². The Bertz CT molecular complexity index is 340. The van der Waals surface area contributed by atoms with Gasteiger partial charge in [-0.25, -0.2) is 4.39 Å². The number of alkyl halides is 1. The van der Waals surface area contributed by atoms with Crippen LogP contribution in [0, 0.1) is 5.92 Å². The standard InChI is InChI=1S/C12H17FN2/c1-15-6-5-10(8-15)12(13)9-3-2-4-11(14)7-9/h2-4,7,10,12H,5-6,8,14H2,1H3. The average Bonchev–Trinajstić information content (AvgIpc) is 2.64. The fraction of sp³-hybridized carbons (Fsp3) is 0.500. The average molecular weight is 208 g/mol. The highest BCUT2D eigenvalue weighted by Crippen LogP contribution is 2.33. The van der Waals surface area contributed by atoms with E-state index in [4.69, 9.17) is 5.73 Å². The maximum Gasteiger partial charge on any atom is 0.129 e. The highest BCUT2D eigenvalue weighted by atomic mass is 19.1. The van der Waals surface area contributed by atoms with Gasteiger partial charge in [0.15, 0.2) is 0 Å². The summed E-state index contributed by atoms with van der Waals surface area (Å²) in [7, 11) is 2.03. The Hall–Kier alpha value is -1.09. The number of likely N-dealkylation sites (tertiary alicyclic amines) is 1. The molecule has 1 saturated heterocycles. The van der Waals surface area contributed by atoms with E-state index in [0.717, 1.165) is 25.1 Å². The lowest BCUT2D eigenvalue weighted by molar-refractivity contribution is 0.232. The van der Waals surface area contributed by atoms with Crippen molar-refractivity contribution in [1.29, 1.82) is 0 Å². The molecule has 0 bridgehead atoms. The first-order valence-corrected chi connectivity index (χ1v) is 5.35. The first-order chi connectivity index (χ1) is 7.16. The minimum Gasteiger partial charge on any atom is -0.399 e. The highest BCUT2D eigenvalue weighted by Gasteiger charge is 2.28. The maximum absolute atomic E-state index is 14.1. The Morgan fingerprint density at radius 1 is 1.53 bits per heavy atom. The summed E-state index contributed by atoms with van der Waals surface area (Å²) in [5.74, 6) is 0.122. The van der Waals surface area contributed by atoms with Crippen LogP contribution in [0.25, 0.3) is 0 Å². The van der Waals surface area contributed by atoms with Crippen molar-refractivity contribution in [3.05, 3.63) is 29.8 Å². The normalized spacial score (nSPS) is 24.3. The molecule has 3 heteroatoms. The zero-order valence-corrected chi connectivity index (χ0v) is 8.99. The van der Waals surface area contributed by atoms with Crippen molar-refractivity contribution >= 4 is 5.69 Å². The van der Waals surface area contributed by atoms with E-state index in [1.54, 1.807) is 12.1 Å². The van der Waals surface area contributed by atoms with E-state index in [-0.39, 0.29) is 5.92 Å². The molecule has 1 aromatic carbocycles. The predicted molar refractivity (Wildman–Crippen MR) is 60.3 cm³/mol. The van der Waals surface area contributed by atoms with Gasteiger partial charge in [0.1, 0.15) is 6.17 Å². The Balaban J connectivity index is 2.10. The van der Waals surface area contributed by atoms with E-state index >= 15 is 0 Å². The van der Waals surface area contributed by atoms with Crippen molar-refractivity contribution in [2.24, 2.45) is 5.92 Å². The van der Waals surface area contributed by atoms with Crippen LogP contribution in [0.2, 0.25) is 0 Å². The molecule has 2 atom stereocenters. The van der Waals surface area contributed by atoms with Gasteiger partial charge in [-0.2, -0.15) is 0 Å². The molecule has 1 aliphatic heterocycles. The lowest BCUT2D eigenvalue weighted by Gasteiger charge is -2.16. The molecule has 0 aromatic heterocycles. The summed E-state index contributed by atoms with van der Waals surface area (Å²) < 4.78 is 14.1. The molecule has 1 heterocycles. The summed E-state index contributed by atoms with van der Waals surface area (Å²) in [5, 5.41) is 0. The topological polar surface area (TPSA) is 29.3 Å². The lowest BCUT2D eigenvalue weighted by Crippen LogP contribution is -2.16. The Kier molecular flexibility index (Phi) is 2.91. The molecule has 2 unspecified atom stereocenters. The monoisotopic (exact) mass is 208 g/mol. The lowest BCUT2D eigenvalue weighted by atomic mass is 9.96. The van der Waals surface area contributed by atoms with Crippen LogP contribution in [-0.2, 0) is 0 Å². The minimum atomic E-state index is -0.876. The van der Waals surface area contributed by atoms with Crippen LogP contribution in [-0.4, -0.2) is 25.0 Å². The van der Waals surface area contributed by atoms with E-state index in [1.807, 2.05) is 19.2 Å². The number of halogens is 1.